The molecule has 4 rings (SSSR count). The van der Waals surface area contributed by atoms with Crippen molar-refractivity contribution in [2.24, 2.45) is 10.3 Å². The van der Waals surface area contributed by atoms with Crippen molar-refractivity contribution in [3.8, 4) is 17.2 Å². The van der Waals surface area contributed by atoms with Crippen molar-refractivity contribution in [1.29, 1.82) is 0 Å². The topological polar surface area (TPSA) is 159 Å². The van der Waals surface area contributed by atoms with E-state index in [9.17, 15) is 30.0 Å². The molecule has 12 nitrogen and oxygen atoms in total. The minimum Gasteiger partial charge on any atom is -0.497 e. The van der Waals surface area contributed by atoms with E-state index < -0.39 is 42.6 Å². The van der Waals surface area contributed by atoms with Gasteiger partial charge in [-0.1, -0.05) is 34.6 Å². The van der Waals surface area contributed by atoms with Gasteiger partial charge in [0.15, 0.2) is 5.71 Å². The second-order valence-electron chi connectivity index (χ2n) is 10.7. The molecule has 0 aliphatic rings. The van der Waals surface area contributed by atoms with Gasteiger partial charge in [0.25, 0.3) is 0 Å². The second-order valence-corrected chi connectivity index (χ2v) is 13.8. The monoisotopic (exact) mass is 750 g/mol. The fourth-order valence-electron chi connectivity index (χ4n) is 4.22. The van der Waals surface area contributed by atoms with E-state index in [2.05, 4.69) is 14.6 Å². The van der Waals surface area contributed by atoms with Crippen LogP contribution in [0.4, 0.5) is 13.2 Å². The highest BCUT2D eigenvalue weighted by Gasteiger charge is 2.38. The molecule has 0 fully saturated rings. The van der Waals surface area contributed by atoms with E-state index in [1.54, 1.807) is 55.5 Å². The Bertz CT molecular complexity index is 2020. The lowest BCUT2D eigenvalue weighted by Crippen LogP contribution is -2.25. The van der Waals surface area contributed by atoms with E-state index in [1.165, 1.54) is 31.4 Å². The minimum atomic E-state index is -5.02. The number of benzene rings is 4. The normalized spacial score (nSPS) is 12.7. The summed E-state index contributed by atoms with van der Waals surface area (Å²) in [7, 11) is -7.26. The van der Waals surface area contributed by atoms with Crippen LogP contribution in [0.15, 0.2) is 112 Å². The van der Waals surface area contributed by atoms with Crippen LogP contribution in [-0.4, -0.2) is 59.9 Å². The van der Waals surface area contributed by atoms with Gasteiger partial charge in [-0.05, 0) is 96.4 Å². The van der Waals surface area contributed by atoms with Crippen LogP contribution in [0.25, 0.3) is 0 Å². The van der Waals surface area contributed by atoms with Gasteiger partial charge in [0.2, 0.25) is 0 Å². The zero-order valence-electron chi connectivity index (χ0n) is 27.2. The molecule has 4 aromatic carbocycles. The fourth-order valence-corrected chi connectivity index (χ4v) is 5.82. The van der Waals surface area contributed by atoms with E-state index in [4.69, 9.17) is 23.6 Å². The average Bonchev–Trinajstić information content (AvgIpc) is 3.11. The summed E-state index contributed by atoms with van der Waals surface area (Å²) < 4.78 is 116. The summed E-state index contributed by atoms with van der Waals surface area (Å²) in [6, 6.07) is 22.6. The van der Waals surface area contributed by atoms with Gasteiger partial charge in [0, 0.05) is 12.0 Å². The molecule has 0 heterocycles. The van der Waals surface area contributed by atoms with E-state index in [1.807, 2.05) is 0 Å². The first-order chi connectivity index (χ1) is 24.2. The van der Waals surface area contributed by atoms with Crippen molar-refractivity contribution in [3.63, 3.8) is 0 Å². The van der Waals surface area contributed by atoms with Gasteiger partial charge in [-0.3, -0.25) is 8.57 Å². The molecule has 51 heavy (non-hydrogen) atoms. The number of hydrogen-bond acceptors (Lipinski definition) is 12. The Labute approximate surface area is 292 Å². The molecule has 1 N–H and O–H groups in total. The number of halogens is 3. The number of nitrogens with zero attached hydrogens (tertiary/aromatic N) is 2. The van der Waals surface area contributed by atoms with E-state index in [-0.39, 0.29) is 31.3 Å². The molecule has 272 valence electrons. The van der Waals surface area contributed by atoms with Crippen molar-refractivity contribution in [3.05, 3.63) is 119 Å². The Morgan fingerprint density at radius 1 is 0.686 bits per heavy atom. The highest BCUT2D eigenvalue weighted by Crippen LogP contribution is 2.26. The van der Waals surface area contributed by atoms with Crippen molar-refractivity contribution in [2.45, 2.75) is 36.8 Å². The molecule has 0 aromatic heterocycles. The van der Waals surface area contributed by atoms with Crippen LogP contribution >= 0.6 is 0 Å². The Morgan fingerprint density at radius 2 is 1.20 bits per heavy atom. The summed E-state index contributed by atoms with van der Waals surface area (Å²) in [4.78, 5) is -0.404. The highest BCUT2D eigenvalue weighted by atomic mass is 32.2. The predicted molar refractivity (Wildman–Crippen MR) is 181 cm³/mol. The maximum atomic E-state index is 13.7. The van der Waals surface area contributed by atoms with E-state index in [0.717, 1.165) is 24.3 Å². The number of aliphatic hydroxyl groups is 1. The van der Waals surface area contributed by atoms with Crippen LogP contribution in [0, 0.1) is 0 Å². The minimum absolute atomic E-state index is 0.149. The van der Waals surface area contributed by atoms with E-state index in [0.29, 0.717) is 40.3 Å². The van der Waals surface area contributed by atoms with Crippen LogP contribution in [0.3, 0.4) is 0 Å². The zero-order chi connectivity index (χ0) is 37.1. The molecular formula is C34H33F3N2O10S2. The molecule has 0 unspecified atom stereocenters. The van der Waals surface area contributed by atoms with Crippen LogP contribution in [-0.2, 0) is 41.2 Å². The predicted octanol–water partition coefficient (Wildman–Crippen LogP) is 5.98. The van der Waals surface area contributed by atoms with Gasteiger partial charge in [-0.15, -0.1) is 0 Å². The van der Waals surface area contributed by atoms with Crippen LogP contribution in [0.5, 0.6) is 17.2 Å². The summed E-state index contributed by atoms with van der Waals surface area (Å²) in [5.41, 5.74) is 0.0690. The van der Waals surface area contributed by atoms with Gasteiger partial charge in [-0.25, -0.2) is 0 Å². The summed E-state index contributed by atoms with van der Waals surface area (Å²) >= 11 is 0. The number of ether oxygens (including phenoxy) is 3. The SMILES string of the molecule is COc1ccc(S(=O)(=O)O/N=C(/c2ccc(OCCCOc3ccc(/C(C)=N/OS(=O)(=O)Cc4ccc(CO)cc4)cc3)cc2)C(F)(F)F)cc1. The van der Waals surface area contributed by atoms with Gasteiger partial charge in [-0.2, -0.15) is 30.0 Å². The van der Waals surface area contributed by atoms with Gasteiger partial charge in [0.05, 0.1) is 32.6 Å². The molecule has 0 radical (unpaired) electrons. The van der Waals surface area contributed by atoms with Gasteiger partial charge >= 0.3 is 26.4 Å². The zero-order valence-corrected chi connectivity index (χ0v) is 28.9. The molecule has 0 bridgehead atoms. The molecule has 4 aromatic rings. The number of methoxy groups -OCH3 is 1. The first-order valence-electron chi connectivity index (χ1n) is 15.0. The largest absolute Gasteiger partial charge is 0.497 e. The van der Waals surface area contributed by atoms with Crippen molar-refractivity contribution >= 4 is 31.7 Å². The first kappa shape index (κ1) is 38.7. The van der Waals surface area contributed by atoms with Gasteiger partial charge in [0.1, 0.15) is 27.9 Å². The summed E-state index contributed by atoms with van der Waals surface area (Å²) in [6.07, 6.45) is -4.60. The maximum Gasteiger partial charge on any atom is 0.437 e. The molecule has 0 aliphatic carbocycles. The van der Waals surface area contributed by atoms with Crippen LogP contribution < -0.4 is 14.2 Å². The molecule has 0 aliphatic heterocycles. The van der Waals surface area contributed by atoms with Crippen LogP contribution in [0.1, 0.15) is 35.6 Å². The molecule has 0 atom stereocenters. The number of hydrogen-bond donors (Lipinski definition) is 1. The molecule has 0 saturated heterocycles. The Balaban J connectivity index is 1.23. The Kier molecular flexibility index (Phi) is 13.0. The average molecular weight is 751 g/mol. The number of oxime groups is 2. The number of aliphatic hydroxyl groups excluding tert-OH is 1. The molecule has 17 heteroatoms. The molecular weight excluding hydrogens is 718 g/mol. The molecule has 0 amide bonds. The molecule has 0 spiro atoms. The smallest absolute Gasteiger partial charge is 0.437 e. The van der Waals surface area contributed by atoms with Crippen molar-refractivity contribution < 1.29 is 57.9 Å². The third kappa shape index (κ3) is 11.7. The van der Waals surface area contributed by atoms with Crippen molar-refractivity contribution in [2.75, 3.05) is 20.3 Å². The second kappa shape index (κ2) is 17.2. The molecule has 0 saturated carbocycles. The lowest BCUT2D eigenvalue weighted by Gasteiger charge is -2.12. The van der Waals surface area contributed by atoms with E-state index >= 15 is 0 Å². The van der Waals surface area contributed by atoms with Gasteiger partial charge < -0.3 is 19.3 Å². The fraction of sp³-hybridized carbons (Fsp3) is 0.235. The summed E-state index contributed by atoms with van der Waals surface area (Å²) in [6.45, 7) is 1.85. The number of rotatable bonds is 17. The first-order valence-corrected chi connectivity index (χ1v) is 18.0. The van der Waals surface area contributed by atoms with Crippen LogP contribution in [0.2, 0.25) is 0 Å². The maximum absolute atomic E-state index is 13.7. The highest BCUT2D eigenvalue weighted by molar-refractivity contribution is 7.86. The Hall–Kier alpha value is -5.13. The third-order valence-electron chi connectivity index (χ3n) is 6.91. The Morgan fingerprint density at radius 3 is 1.71 bits per heavy atom. The lowest BCUT2D eigenvalue weighted by atomic mass is 10.1. The quantitative estimate of drug-likeness (QED) is 0.0773. The summed E-state index contributed by atoms with van der Waals surface area (Å²) in [5, 5.41) is 15.8. The standard InChI is InChI=1S/C34H33F3N2O10S2/c1-24(38-48-50(41,42)23-26-6-4-25(22-40)5-7-26)27-8-12-30(13-9-27)46-20-3-21-47-31-14-10-28(11-15-31)33(34(35,36)37)39-49-51(43,44)32-18-16-29(45-2)17-19-32/h4-19,40H,3,20-23H2,1-2H3/b38-24+,39-33-. The van der Waals surface area contributed by atoms with Crippen molar-refractivity contribution in [1.82, 2.24) is 0 Å². The summed E-state index contributed by atoms with van der Waals surface area (Å²) in [5.74, 6) is 0.735. The lowest BCUT2D eigenvalue weighted by molar-refractivity contribution is -0.0597. The third-order valence-corrected chi connectivity index (χ3v) is 9.01. The number of alkyl halides is 3.